The highest BCUT2D eigenvalue weighted by atomic mass is 19.3. The molecule has 0 heterocycles. The first-order chi connectivity index (χ1) is 13.8. The number of rotatable bonds is 5. The first-order valence-electron chi connectivity index (χ1n) is 9.12. The van der Waals surface area contributed by atoms with Gasteiger partial charge in [0.15, 0.2) is 5.60 Å². The molecule has 0 radical (unpaired) electrons. The van der Waals surface area contributed by atoms with Crippen LogP contribution < -0.4 is 10.8 Å². The largest absolute Gasteiger partial charge is 0.381 e. The lowest BCUT2D eigenvalue weighted by atomic mass is 9.95. The zero-order valence-corrected chi connectivity index (χ0v) is 16.3. The Labute approximate surface area is 169 Å². The van der Waals surface area contributed by atoms with Crippen molar-refractivity contribution in [1.82, 2.24) is 10.8 Å². The van der Waals surface area contributed by atoms with Gasteiger partial charge in [0.05, 0.1) is 0 Å². The summed E-state index contributed by atoms with van der Waals surface area (Å²) in [4.78, 5) is 23.9. The molecular formula is C21H26F2N2O4. The van der Waals surface area contributed by atoms with Gasteiger partial charge in [-0.2, -0.15) is 0 Å². The van der Waals surface area contributed by atoms with Crippen LogP contribution in [0, 0.1) is 17.8 Å². The molecule has 0 aliphatic heterocycles. The molecule has 1 aromatic rings. The van der Waals surface area contributed by atoms with Gasteiger partial charge in [0.25, 0.3) is 18.2 Å². The Morgan fingerprint density at radius 3 is 2.24 bits per heavy atom. The lowest BCUT2D eigenvalue weighted by Gasteiger charge is -2.30. The first-order valence-corrected chi connectivity index (χ1v) is 9.12. The second kappa shape index (κ2) is 11.3. The van der Waals surface area contributed by atoms with E-state index in [1.807, 2.05) is 5.32 Å². The summed E-state index contributed by atoms with van der Waals surface area (Å²) < 4.78 is 26.0. The third kappa shape index (κ3) is 6.66. The summed E-state index contributed by atoms with van der Waals surface area (Å²) in [5.41, 5.74) is -0.886. The smallest absolute Gasteiger partial charge is 0.269 e. The van der Waals surface area contributed by atoms with Gasteiger partial charge in [-0.15, -0.1) is 13.2 Å². The molecule has 0 spiro atoms. The lowest BCUT2D eigenvalue weighted by molar-refractivity contribution is -0.149. The van der Waals surface area contributed by atoms with Gasteiger partial charge < -0.3 is 10.4 Å². The van der Waals surface area contributed by atoms with Gasteiger partial charge in [-0.1, -0.05) is 24.7 Å². The zero-order valence-electron chi connectivity index (χ0n) is 16.3. The van der Waals surface area contributed by atoms with Crippen molar-refractivity contribution in [2.45, 2.75) is 50.7 Å². The van der Waals surface area contributed by atoms with Crippen molar-refractivity contribution in [3.05, 3.63) is 48.6 Å². The van der Waals surface area contributed by atoms with Crippen LogP contribution in [0.4, 0.5) is 8.78 Å². The summed E-state index contributed by atoms with van der Waals surface area (Å²) in [6, 6.07) is 4.07. The summed E-state index contributed by atoms with van der Waals surface area (Å²) in [5.74, 6) is 4.42. The van der Waals surface area contributed by atoms with Crippen molar-refractivity contribution >= 4 is 11.8 Å². The Kier molecular flexibility index (Phi) is 9.45. The molecule has 1 aliphatic carbocycles. The second-order valence-electron chi connectivity index (χ2n) is 6.74. The molecule has 0 saturated heterocycles. The van der Waals surface area contributed by atoms with Crippen LogP contribution in [0.5, 0.6) is 0 Å². The Morgan fingerprint density at radius 2 is 1.76 bits per heavy atom. The molecule has 1 aliphatic rings. The van der Waals surface area contributed by atoms with Crippen LogP contribution in [0.1, 0.15) is 48.5 Å². The number of amides is 2. The van der Waals surface area contributed by atoms with E-state index in [1.54, 1.807) is 12.1 Å². The maximum absolute atomic E-state index is 13.0. The molecule has 0 unspecified atom stereocenters. The van der Waals surface area contributed by atoms with Crippen molar-refractivity contribution in [3.8, 4) is 11.8 Å². The number of benzene rings is 1. The minimum Gasteiger partial charge on any atom is -0.381 e. The van der Waals surface area contributed by atoms with Crippen LogP contribution in [0.2, 0.25) is 0 Å². The van der Waals surface area contributed by atoms with Crippen molar-refractivity contribution in [2.24, 2.45) is 5.92 Å². The second-order valence-corrected chi connectivity index (χ2v) is 6.74. The summed E-state index contributed by atoms with van der Waals surface area (Å²) in [5, 5.41) is 20.5. The Bertz CT molecular complexity index is 748. The number of nitrogens with one attached hydrogen (secondary N) is 2. The number of hydrogen-bond donors (Lipinski definition) is 4. The topological polar surface area (TPSA) is 98.7 Å². The molecule has 8 heteroatoms. The van der Waals surface area contributed by atoms with Crippen LogP contribution in [0.25, 0.3) is 0 Å². The Balaban J connectivity index is 0.00000204. The van der Waals surface area contributed by atoms with E-state index < -0.39 is 29.9 Å². The van der Waals surface area contributed by atoms with E-state index in [4.69, 9.17) is 5.21 Å². The van der Waals surface area contributed by atoms with E-state index in [1.165, 1.54) is 30.5 Å². The van der Waals surface area contributed by atoms with E-state index in [2.05, 4.69) is 25.0 Å². The zero-order chi connectivity index (χ0) is 22.0. The maximum atomic E-state index is 13.0. The first kappa shape index (κ1) is 24.3. The van der Waals surface area contributed by atoms with Crippen molar-refractivity contribution < 1.29 is 28.7 Å². The average molecular weight is 408 g/mol. The molecular weight excluding hydrogens is 382 g/mol. The molecule has 4 N–H and O–H groups in total. The molecule has 0 aromatic heterocycles. The third-order valence-corrected chi connectivity index (χ3v) is 4.60. The van der Waals surface area contributed by atoms with Gasteiger partial charge >= 0.3 is 0 Å². The summed E-state index contributed by atoms with van der Waals surface area (Å²) >= 11 is 0. The van der Waals surface area contributed by atoms with Crippen LogP contribution in [0.3, 0.4) is 0 Å². The standard InChI is InChI=1S/C19H22F2N2O4.C2H4/c1-19(26,18(20)21)15(17(25)23-27)22-16(24)14-10-8-13(9-11-14)7-6-12-4-2-3-5-12;1-2/h8-12,15,18,26-27H,2-5H2,1H3,(H,22,24)(H,23,25);1-2H2/t15-,19+;/m1./s1. The number of carbonyl (C=O) groups is 2. The minimum atomic E-state index is -3.33. The number of carbonyl (C=O) groups excluding carboxylic acids is 2. The van der Waals surface area contributed by atoms with E-state index >= 15 is 0 Å². The van der Waals surface area contributed by atoms with Crippen LogP contribution >= 0.6 is 0 Å². The molecule has 2 atom stereocenters. The SMILES string of the molecule is C=C.C[C@@](O)(C(F)F)[C@H](NC(=O)c1ccc(C#CC2CCCC2)cc1)C(=O)NO. The van der Waals surface area contributed by atoms with Gasteiger partial charge in [-0.25, -0.2) is 14.3 Å². The fourth-order valence-electron chi connectivity index (χ4n) is 2.84. The van der Waals surface area contributed by atoms with Crippen LogP contribution in [0.15, 0.2) is 37.4 Å². The van der Waals surface area contributed by atoms with Crippen molar-refractivity contribution in [2.75, 3.05) is 0 Å². The number of halogens is 2. The highest BCUT2D eigenvalue weighted by Gasteiger charge is 2.46. The molecule has 158 valence electrons. The highest BCUT2D eigenvalue weighted by molar-refractivity contribution is 5.97. The van der Waals surface area contributed by atoms with Gasteiger partial charge in [0.1, 0.15) is 6.04 Å². The Morgan fingerprint density at radius 1 is 1.21 bits per heavy atom. The molecule has 2 amide bonds. The number of hydrogen-bond acceptors (Lipinski definition) is 4. The predicted octanol–water partition coefficient (Wildman–Crippen LogP) is 2.65. The summed E-state index contributed by atoms with van der Waals surface area (Å²) in [6.07, 6.45) is 1.22. The predicted molar refractivity (Wildman–Crippen MR) is 104 cm³/mol. The van der Waals surface area contributed by atoms with Crippen molar-refractivity contribution in [1.29, 1.82) is 0 Å². The minimum absolute atomic E-state index is 0.0993. The monoisotopic (exact) mass is 408 g/mol. The quantitative estimate of drug-likeness (QED) is 0.261. The van der Waals surface area contributed by atoms with Crippen molar-refractivity contribution in [3.63, 3.8) is 0 Å². The summed E-state index contributed by atoms with van der Waals surface area (Å²) in [6.45, 7) is 6.69. The number of hydroxylamine groups is 1. The fourth-order valence-corrected chi connectivity index (χ4v) is 2.84. The summed E-state index contributed by atoms with van der Waals surface area (Å²) in [7, 11) is 0. The van der Waals surface area contributed by atoms with Crippen LogP contribution in [-0.4, -0.2) is 40.2 Å². The molecule has 1 aromatic carbocycles. The molecule has 0 bridgehead atoms. The van der Waals surface area contributed by atoms with Crippen LogP contribution in [-0.2, 0) is 4.79 Å². The highest BCUT2D eigenvalue weighted by Crippen LogP contribution is 2.24. The molecule has 2 rings (SSSR count). The van der Waals surface area contributed by atoms with Gasteiger partial charge in [0.2, 0.25) is 0 Å². The van der Waals surface area contributed by atoms with Gasteiger partial charge in [0, 0.05) is 17.0 Å². The number of aliphatic hydroxyl groups is 1. The van der Waals surface area contributed by atoms with E-state index in [0.717, 1.165) is 12.8 Å². The average Bonchev–Trinajstić information content (AvgIpc) is 3.25. The molecule has 1 saturated carbocycles. The third-order valence-electron chi connectivity index (χ3n) is 4.60. The van der Waals surface area contributed by atoms with E-state index in [0.29, 0.717) is 18.4 Å². The normalized spacial score (nSPS) is 16.5. The molecule has 29 heavy (non-hydrogen) atoms. The molecule has 6 nitrogen and oxygen atoms in total. The van der Waals surface area contributed by atoms with E-state index in [-0.39, 0.29) is 5.56 Å². The fraction of sp³-hybridized carbons (Fsp3) is 0.429. The van der Waals surface area contributed by atoms with Gasteiger partial charge in [-0.3, -0.25) is 14.8 Å². The van der Waals surface area contributed by atoms with Gasteiger partial charge in [-0.05, 0) is 44.0 Å². The van der Waals surface area contributed by atoms with E-state index in [9.17, 15) is 23.5 Å². The molecule has 1 fully saturated rings. The number of alkyl halides is 2. The lowest BCUT2D eigenvalue weighted by Crippen LogP contribution is -2.61. The Hall–Kier alpha value is -2.76. The maximum Gasteiger partial charge on any atom is 0.269 e.